The van der Waals surface area contributed by atoms with Crippen molar-refractivity contribution in [3.8, 4) is 11.1 Å². The quantitative estimate of drug-likeness (QED) is 0.432. The molecule has 1 saturated heterocycles. The molecule has 1 aliphatic heterocycles. The summed E-state index contributed by atoms with van der Waals surface area (Å²) in [5.74, 6) is 1.50. The summed E-state index contributed by atoms with van der Waals surface area (Å²) in [4.78, 5) is 27.3. The van der Waals surface area contributed by atoms with Gasteiger partial charge >= 0.3 is 0 Å². The van der Waals surface area contributed by atoms with Crippen LogP contribution in [0.2, 0.25) is 0 Å². The average molecular weight is 466 g/mol. The summed E-state index contributed by atoms with van der Waals surface area (Å²) in [5.41, 5.74) is 8.46. The summed E-state index contributed by atoms with van der Waals surface area (Å²) in [6.45, 7) is 9.03. The fraction of sp³-hybridized carbons (Fsp3) is 0.542. The molecule has 1 atom stereocenters. The van der Waals surface area contributed by atoms with E-state index >= 15 is 0 Å². The van der Waals surface area contributed by atoms with Crippen molar-refractivity contribution in [2.24, 2.45) is 0 Å². The monoisotopic (exact) mass is 465 g/mol. The van der Waals surface area contributed by atoms with E-state index in [0.29, 0.717) is 16.9 Å². The number of nitrogens with zero attached hydrogens (tertiary/aromatic N) is 7. The molecule has 4 rings (SSSR count). The highest BCUT2D eigenvalue weighted by Gasteiger charge is 2.25. The van der Waals surface area contributed by atoms with Gasteiger partial charge in [0.15, 0.2) is 5.82 Å². The normalized spacial score (nSPS) is 17.1. The van der Waals surface area contributed by atoms with E-state index in [9.17, 15) is 5.11 Å². The lowest BCUT2D eigenvalue weighted by Gasteiger charge is -2.31. The van der Waals surface area contributed by atoms with Crippen LogP contribution in [-0.4, -0.2) is 85.2 Å². The molecule has 0 radical (unpaired) electrons. The number of pyridine rings is 1. The molecule has 1 unspecified atom stereocenters. The van der Waals surface area contributed by atoms with Crippen molar-refractivity contribution in [3.05, 3.63) is 30.5 Å². The average Bonchev–Trinajstić information content (AvgIpc) is 2.84. The van der Waals surface area contributed by atoms with Crippen LogP contribution in [0.25, 0.3) is 22.2 Å². The second-order valence-corrected chi connectivity index (χ2v) is 9.44. The molecule has 34 heavy (non-hydrogen) atoms. The number of rotatable bonds is 9. The Kier molecular flexibility index (Phi) is 7.50. The lowest BCUT2D eigenvalue weighted by atomic mass is 9.96. The number of nitrogens with one attached hydrogen (secondary N) is 1. The second kappa shape index (κ2) is 10.5. The van der Waals surface area contributed by atoms with Crippen molar-refractivity contribution in [2.75, 3.05) is 50.9 Å². The van der Waals surface area contributed by atoms with Gasteiger partial charge in [0.05, 0.1) is 24.2 Å². The lowest BCUT2D eigenvalue weighted by Crippen LogP contribution is -2.44. The van der Waals surface area contributed by atoms with Gasteiger partial charge in [0.25, 0.3) is 0 Å². The summed E-state index contributed by atoms with van der Waals surface area (Å²) in [6, 6.07) is 1.92. The zero-order chi connectivity index (χ0) is 24.1. The molecule has 3 aromatic rings. The van der Waals surface area contributed by atoms with Crippen molar-refractivity contribution < 1.29 is 5.11 Å². The number of aliphatic hydroxyl groups excluding tert-OH is 1. The minimum atomic E-state index is -0.516. The van der Waals surface area contributed by atoms with Gasteiger partial charge < -0.3 is 21.1 Å². The molecular weight excluding hydrogens is 430 g/mol. The van der Waals surface area contributed by atoms with Gasteiger partial charge in [0.2, 0.25) is 5.95 Å². The molecular formula is C24H35N9O. The first kappa shape index (κ1) is 24.2. The fourth-order valence-corrected chi connectivity index (χ4v) is 4.11. The molecule has 0 amide bonds. The smallest absolute Gasteiger partial charge is 0.222 e. The third-order valence-corrected chi connectivity index (χ3v) is 6.40. The van der Waals surface area contributed by atoms with Crippen LogP contribution in [0.15, 0.2) is 24.7 Å². The molecule has 0 bridgehead atoms. The van der Waals surface area contributed by atoms with Crippen LogP contribution in [0.4, 0.5) is 11.8 Å². The van der Waals surface area contributed by atoms with E-state index in [4.69, 9.17) is 5.73 Å². The predicted molar refractivity (Wildman–Crippen MR) is 134 cm³/mol. The minimum Gasteiger partial charge on any atom is -0.394 e. The Bertz CT molecular complexity index is 1100. The first-order valence-electron chi connectivity index (χ1n) is 11.9. The first-order valence-corrected chi connectivity index (χ1v) is 11.9. The Morgan fingerprint density at radius 2 is 1.76 bits per heavy atom. The molecule has 0 aliphatic carbocycles. The van der Waals surface area contributed by atoms with Crippen molar-refractivity contribution in [1.29, 1.82) is 0 Å². The van der Waals surface area contributed by atoms with Crippen LogP contribution in [0.3, 0.4) is 0 Å². The topological polar surface area (TPSA) is 129 Å². The van der Waals surface area contributed by atoms with E-state index in [0.717, 1.165) is 68.9 Å². The molecule has 0 aromatic carbocycles. The Balaban J connectivity index is 1.54. The molecule has 10 nitrogen and oxygen atoms in total. The van der Waals surface area contributed by atoms with Crippen LogP contribution >= 0.6 is 0 Å². The minimum absolute atomic E-state index is 0.0195. The number of nitrogens with two attached hydrogens (primary N) is 1. The van der Waals surface area contributed by atoms with E-state index in [-0.39, 0.29) is 12.6 Å². The summed E-state index contributed by atoms with van der Waals surface area (Å²) in [7, 11) is 2.15. The van der Waals surface area contributed by atoms with Crippen LogP contribution in [0.5, 0.6) is 0 Å². The summed E-state index contributed by atoms with van der Waals surface area (Å²) < 4.78 is 0. The van der Waals surface area contributed by atoms with Gasteiger partial charge in [0.1, 0.15) is 11.3 Å². The second-order valence-electron chi connectivity index (χ2n) is 9.44. The van der Waals surface area contributed by atoms with Gasteiger partial charge in [-0.3, -0.25) is 9.88 Å². The number of likely N-dealkylation sites (N-methyl/N-ethyl adjacent to an activating group) is 1. The zero-order valence-electron chi connectivity index (χ0n) is 20.3. The van der Waals surface area contributed by atoms with E-state index in [2.05, 4.69) is 54.0 Å². The standard InChI is InChI=1S/C24H35N9O/c1-4-5-6-24(2,16-34)31-22-21-19(29-23(25)30-22)11-17(12-28-21)18-13-26-20(27-14-18)15-33-9-7-32(3)8-10-33/h11-14,34H,4-10,15-16H2,1-3H3,(H3,25,29,30,31). The summed E-state index contributed by atoms with van der Waals surface area (Å²) in [6.07, 6.45) is 8.28. The highest BCUT2D eigenvalue weighted by atomic mass is 16.3. The Morgan fingerprint density at radius 1 is 1.06 bits per heavy atom. The van der Waals surface area contributed by atoms with Gasteiger partial charge in [-0.15, -0.1) is 0 Å². The maximum atomic E-state index is 9.97. The van der Waals surface area contributed by atoms with Crippen LogP contribution < -0.4 is 11.1 Å². The SMILES string of the molecule is CCCCC(C)(CO)Nc1nc(N)nc2cc(-c3cnc(CN4CCN(C)CC4)nc3)cnc12. The molecule has 0 saturated carbocycles. The number of hydrogen-bond donors (Lipinski definition) is 3. The zero-order valence-corrected chi connectivity index (χ0v) is 20.3. The summed E-state index contributed by atoms with van der Waals surface area (Å²) >= 11 is 0. The van der Waals surface area contributed by atoms with Gasteiger partial charge in [-0.2, -0.15) is 4.98 Å². The molecule has 10 heteroatoms. The van der Waals surface area contributed by atoms with E-state index in [1.807, 2.05) is 25.4 Å². The van der Waals surface area contributed by atoms with Gasteiger partial charge in [-0.1, -0.05) is 19.8 Å². The predicted octanol–water partition coefficient (Wildman–Crippen LogP) is 2.16. The number of nitrogen functional groups attached to an aromatic ring is 1. The van der Waals surface area contributed by atoms with E-state index in [1.165, 1.54) is 0 Å². The number of piperazine rings is 1. The van der Waals surface area contributed by atoms with Gasteiger partial charge in [-0.25, -0.2) is 15.0 Å². The maximum Gasteiger partial charge on any atom is 0.222 e. The van der Waals surface area contributed by atoms with Crippen molar-refractivity contribution in [3.63, 3.8) is 0 Å². The Labute approximate surface area is 200 Å². The van der Waals surface area contributed by atoms with E-state index in [1.54, 1.807) is 6.20 Å². The number of anilines is 2. The molecule has 4 heterocycles. The number of hydrogen-bond acceptors (Lipinski definition) is 10. The Morgan fingerprint density at radius 3 is 2.44 bits per heavy atom. The van der Waals surface area contributed by atoms with Crippen LogP contribution in [0, 0.1) is 0 Å². The molecule has 1 aliphatic rings. The number of aliphatic hydroxyl groups is 1. The lowest BCUT2D eigenvalue weighted by molar-refractivity contribution is 0.145. The maximum absolute atomic E-state index is 9.97. The molecule has 4 N–H and O–H groups in total. The fourth-order valence-electron chi connectivity index (χ4n) is 4.11. The molecule has 182 valence electrons. The van der Waals surface area contributed by atoms with Crippen LogP contribution in [-0.2, 0) is 6.54 Å². The van der Waals surface area contributed by atoms with Crippen LogP contribution in [0.1, 0.15) is 38.9 Å². The third kappa shape index (κ3) is 5.75. The third-order valence-electron chi connectivity index (χ3n) is 6.40. The van der Waals surface area contributed by atoms with Crippen molar-refractivity contribution >= 4 is 22.8 Å². The highest BCUT2D eigenvalue weighted by Crippen LogP contribution is 2.28. The Hall–Kier alpha value is -2.95. The number of fused-ring (bicyclic) bond motifs is 1. The molecule has 1 fully saturated rings. The van der Waals surface area contributed by atoms with Crippen molar-refractivity contribution in [1.82, 2.24) is 34.7 Å². The number of unbranched alkanes of at least 4 members (excludes halogenated alkanes) is 1. The number of aromatic nitrogens is 5. The molecule has 3 aromatic heterocycles. The molecule has 0 spiro atoms. The van der Waals surface area contributed by atoms with Gasteiger partial charge in [-0.05, 0) is 26.5 Å². The first-order chi connectivity index (χ1) is 16.4. The largest absolute Gasteiger partial charge is 0.394 e. The van der Waals surface area contributed by atoms with Crippen molar-refractivity contribution in [2.45, 2.75) is 45.2 Å². The summed E-state index contributed by atoms with van der Waals surface area (Å²) in [5, 5.41) is 13.3. The van der Waals surface area contributed by atoms with Gasteiger partial charge in [0, 0.05) is 55.9 Å². The highest BCUT2D eigenvalue weighted by molar-refractivity contribution is 5.89. The van der Waals surface area contributed by atoms with E-state index < -0.39 is 5.54 Å².